The Morgan fingerprint density at radius 3 is 2.62 bits per heavy atom. The van der Waals surface area contributed by atoms with Crippen LogP contribution in [0.4, 0.5) is 0 Å². The van der Waals surface area contributed by atoms with Gasteiger partial charge in [0.05, 0.1) is 12.1 Å². The number of pyridine rings is 1. The van der Waals surface area contributed by atoms with Crippen molar-refractivity contribution in [1.82, 2.24) is 9.97 Å². The molecule has 0 bridgehead atoms. The molecule has 106 valence electrons. The summed E-state index contributed by atoms with van der Waals surface area (Å²) in [5.74, 6) is 1.78. The van der Waals surface area contributed by atoms with E-state index in [1.807, 2.05) is 30.3 Å². The summed E-state index contributed by atoms with van der Waals surface area (Å²) in [6.45, 7) is 1.81. The Morgan fingerprint density at radius 2 is 1.95 bits per heavy atom. The zero-order valence-electron chi connectivity index (χ0n) is 11.6. The van der Waals surface area contributed by atoms with Crippen LogP contribution in [-0.4, -0.2) is 17.1 Å². The zero-order chi connectivity index (χ0) is 14.8. The van der Waals surface area contributed by atoms with Crippen LogP contribution in [0, 0.1) is 6.92 Å². The minimum absolute atomic E-state index is 0.550. The average Bonchev–Trinajstić information content (AvgIpc) is 2.89. The van der Waals surface area contributed by atoms with Gasteiger partial charge in [-0.25, -0.2) is 9.97 Å². The van der Waals surface area contributed by atoms with Crippen LogP contribution in [0.15, 0.2) is 47.0 Å². The van der Waals surface area contributed by atoms with Gasteiger partial charge in [0.2, 0.25) is 5.88 Å². The summed E-state index contributed by atoms with van der Waals surface area (Å²) in [6.07, 6.45) is 1.69. The Kier molecular flexibility index (Phi) is 3.62. The highest BCUT2D eigenvalue weighted by molar-refractivity contribution is 6.33. The largest absolute Gasteiger partial charge is 0.481 e. The SMILES string of the molecule is COc1ccc(-c2oc(C)nc2-c2ccccc2Cl)cn1. The molecule has 4 nitrogen and oxygen atoms in total. The predicted octanol–water partition coefficient (Wildman–Crippen LogP) is 4.37. The molecule has 0 saturated heterocycles. The van der Waals surface area contributed by atoms with E-state index < -0.39 is 0 Å². The first-order valence-corrected chi connectivity index (χ1v) is 6.79. The molecule has 2 aromatic heterocycles. The lowest BCUT2D eigenvalue weighted by atomic mass is 10.1. The number of rotatable bonds is 3. The Morgan fingerprint density at radius 1 is 1.14 bits per heavy atom. The highest BCUT2D eigenvalue weighted by Gasteiger charge is 2.17. The summed E-state index contributed by atoms with van der Waals surface area (Å²) < 4.78 is 10.8. The summed E-state index contributed by atoms with van der Waals surface area (Å²) >= 11 is 6.26. The van der Waals surface area contributed by atoms with Crippen LogP contribution in [-0.2, 0) is 0 Å². The molecule has 0 saturated carbocycles. The summed E-state index contributed by atoms with van der Waals surface area (Å²) in [5, 5.41) is 0.633. The second-order valence-corrected chi connectivity index (χ2v) is 4.89. The van der Waals surface area contributed by atoms with Gasteiger partial charge in [-0.1, -0.05) is 29.8 Å². The van der Waals surface area contributed by atoms with Crippen LogP contribution >= 0.6 is 11.6 Å². The van der Waals surface area contributed by atoms with Crippen molar-refractivity contribution >= 4 is 11.6 Å². The fourth-order valence-electron chi connectivity index (χ4n) is 2.09. The third-order valence-corrected chi connectivity index (χ3v) is 3.40. The molecule has 3 aromatic rings. The molecule has 2 heterocycles. The van der Waals surface area contributed by atoms with Crippen molar-refractivity contribution in [3.8, 4) is 28.5 Å². The molecule has 0 aliphatic carbocycles. The number of benzene rings is 1. The van der Waals surface area contributed by atoms with E-state index in [2.05, 4.69) is 9.97 Å². The first kappa shape index (κ1) is 13.6. The van der Waals surface area contributed by atoms with Gasteiger partial charge in [0.1, 0.15) is 5.69 Å². The summed E-state index contributed by atoms with van der Waals surface area (Å²) in [4.78, 5) is 8.65. The summed E-state index contributed by atoms with van der Waals surface area (Å²) in [5.41, 5.74) is 2.37. The van der Waals surface area contributed by atoms with Gasteiger partial charge in [-0.3, -0.25) is 0 Å². The van der Waals surface area contributed by atoms with E-state index in [-0.39, 0.29) is 0 Å². The Labute approximate surface area is 127 Å². The highest BCUT2D eigenvalue weighted by atomic mass is 35.5. The monoisotopic (exact) mass is 300 g/mol. The molecule has 0 N–H and O–H groups in total. The van der Waals surface area contributed by atoms with E-state index in [4.69, 9.17) is 20.8 Å². The molecule has 0 atom stereocenters. The molecular weight excluding hydrogens is 288 g/mol. The fourth-order valence-corrected chi connectivity index (χ4v) is 2.32. The maximum atomic E-state index is 6.26. The van der Waals surface area contributed by atoms with Crippen LogP contribution in [0.2, 0.25) is 5.02 Å². The molecule has 0 spiro atoms. The Hall–Kier alpha value is -2.33. The molecule has 3 rings (SSSR count). The van der Waals surface area contributed by atoms with Crippen molar-refractivity contribution < 1.29 is 9.15 Å². The minimum Gasteiger partial charge on any atom is -0.481 e. The third-order valence-electron chi connectivity index (χ3n) is 3.07. The van der Waals surface area contributed by atoms with Crippen LogP contribution in [0.3, 0.4) is 0 Å². The van der Waals surface area contributed by atoms with E-state index in [1.165, 1.54) is 0 Å². The van der Waals surface area contributed by atoms with Crippen molar-refractivity contribution in [3.05, 3.63) is 53.5 Å². The first-order chi connectivity index (χ1) is 10.2. The number of nitrogens with zero attached hydrogens (tertiary/aromatic N) is 2. The van der Waals surface area contributed by atoms with Crippen LogP contribution < -0.4 is 4.74 Å². The van der Waals surface area contributed by atoms with E-state index in [0.717, 1.165) is 11.1 Å². The summed E-state index contributed by atoms with van der Waals surface area (Å²) in [7, 11) is 1.58. The molecule has 0 aliphatic rings. The van der Waals surface area contributed by atoms with Gasteiger partial charge >= 0.3 is 0 Å². The number of ether oxygens (including phenoxy) is 1. The van der Waals surface area contributed by atoms with Crippen molar-refractivity contribution in [3.63, 3.8) is 0 Å². The number of aryl methyl sites for hydroxylation is 1. The van der Waals surface area contributed by atoms with Gasteiger partial charge in [0.15, 0.2) is 11.7 Å². The van der Waals surface area contributed by atoms with Crippen molar-refractivity contribution in [2.24, 2.45) is 0 Å². The second kappa shape index (κ2) is 5.58. The number of aromatic nitrogens is 2. The van der Waals surface area contributed by atoms with Gasteiger partial charge in [-0.15, -0.1) is 0 Å². The summed E-state index contributed by atoms with van der Waals surface area (Å²) in [6, 6.07) is 11.2. The Balaban J connectivity index is 2.13. The first-order valence-electron chi connectivity index (χ1n) is 6.42. The maximum absolute atomic E-state index is 6.26. The zero-order valence-corrected chi connectivity index (χ0v) is 12.4. The molecule has 0 fully saturated rings. The molecule has 1 aromatic carbocycles. The van der Waals surface area contributed by atoms with Crippen molar-refractivity contribution in [2.75, 3.05) is 7.11 Å². The predicted molar refractivity (Wildman–Crippen MR) is 81.5 cm³/mol. The smallest absolute Gasteiger partial charge is 0.212 e. The number of oxazole rings is 1. The van der Waals surface area contributed by atoms with Gasteiger partial charge in [-0.05, 0) is 12.1 Å². The van der Waals surface area contributed by atoms with Crippen molar-refractivity contribution in [2.45, 2.75) is 6.92 Å². The van der Waals surface area contributed by atoms with Crippen LogP contribution in [0.5, 0.6) is 5.88 Å². The molecule has 0 unspecified atom stereocenters. The van der Waals surface area contributed by atoms with Gasteiger partial charge < -0.3 is 9.15 Å². The molecule has 5 heteroatoms. The molecule has 0 radical (unpaired) electrons. The molecular formula is C16H13ClN2O2. The number of hydrogen-bond donors (Lipinski definition) is 0. The second-order valence-electron chi connectivity index (χ2n) is 4.48. The molecule has 0 amide bonds. The minimum atomic E-state index is 0.550. The lowest BCUT2D eigenvalue weighted by molar-refractivity contribution is 0.398. The van der Waals surface area contributed by atoms with Crippen molar-refractivity contribution in [1.29, 1.82) is 0 Å². The normalized spacial score (nSPS) is 10.6. The Bertz CT molecular complexity index is 766. The van der Waals surface area contributed by atoms with E-state index in [9.17, 15) is 0 Å². The maximum Gasteiger partial charge on any atom is 0.212 e. The lowest BCUT2D eigenvalue weighted by Crippen LogP contribution is -1.88. The lowest BCUT2D eigenvalue weighted by Gasteiger charge is -2.04. The fraction of sp³-hybridized carbons (Fsp3) is 0.125. The van der Waals surface area contributed by atoms with Gasteiger partial charge in [0, 0.05) is 30.3 Å². The topological polar surface area (TPSA) is 48.2 Å². The number of methoxy groups -OCH3 is 1. The number of halogens is 1. The quantitative estimate of drug-likeness (QED) is 0.720. The van der Waals surface area contributed by atoms with E-state index in [1.54, 1.807) is 26.3 Å². The standard InChI is InChI=1S/C16H13ClN2O2/c1-10-19-15(12-5-3-4-6-13(12)17)16(21-10)11-7-8-14(20-2)18-9-11/h3-9H,1-2H3. The van der Waals surface area contributed by atoms with E-state index >= 15 is 0 Å². The number of hydrogen-bond acceptors (Lipinski definition) is 4. The van der Waals surface area contributed by atoms with E-state index in [0.29, 0.717) is 28.2 Å². The van der Waals surface area contributed by atoms with Gasteiger partial charge in [-0.2, -0.15) is 0 Å². The third kappa shape index (κ3) is 2.62. The van der Waals surface area contributed by atoms with Crippen LogP contribution in [0.1, 0.15) is 5.89 Å². The molecule has 21 heavy (non-hydrogen) atoms. The molecule has 0 aliphatic heterocycles. The highest BCUT2D eigenvalue weighted by Crippen LogP contribution is 2.36. The van der Waals surface area contributed by atoms with Gasteiger partial charge in [0.25, 0.3) is 0 Å². The van der Waals surface area contributed by atoms with Crippen LogP contribution in [0.25, 0.3) is 22.6 Å². The average molecular weight is 301 g/mol.